The van der Waals surface area contributed by atoms with Crippen molar-refractivity contribution in [2.45, 2.75) is 32.2 Å². The van der Waals surface area contributed by atoms with Gasteiger partial charge in [0.2, 0.25) is 0 Å². The summed E-state index contributed by atoms with van der Waals surface area (Å²) in [7, 11) is 1.62. The fourth-order valence-electron chi connectivity index (χ4n) is 2.87. The normalized spacial score (nSPS) is 15.8. The van der Waals surface area contributed by atoms with Crippen molar-refractivity contribution in [2.75, 3.05) is 13.7 Å². The van der Waals surface area contributed by atoms with E-state index in [2.05, 4.69) is 15.6 Å². The number of hydrogen-bond donors (Lipinski definition) is 2. The SMILES string of the molecule is COc1ccc(-n2nnc(C(=O)NC(C)(CN)C3CC3)c2C)cc1.Cl. The van der Waals surface area contributed by atoms with Crippen molar-refractivity contribution < 1.29 is 9.53 Å². The molecule has 0 saturated heterocycles. The maximum Gasteiger partial charge on any atom is 0.274 e. The molecule has 0 aliphatic heterocycles. The van der Waals surface area contributed by atoms with Crippen LogP contribution in [0.4, 0.5) is 0 Å². The highest BCUT2D eigenvalue weighted by molar-refractivity contribution is 5.93. The van der Waals surface area contributed by atoms with Crippen molar-refractivity contribution in [3.63, 3.8) is 0 Å². The van der Waals surface area contributed by atoms with Gasteiger partial charge in [-0.25, -0.2) is 4.68 Å². The lowest BCUT2D eigenvalue weighted by Crippen LogP contribution is -2.53. The topological polar surface area (TPSA) is 95.1 Å². The fourth-order valence-corrected chi connectivity index (χ4v) is 2.87. The maximum atomic E-state index is 12.6. The Labute approximate surface area is 153 Å². The summed E-state index contributed by atoms with van der Waals surface area (Å²) in [6, 6.07) is 7.43. The van der Waals surface area contributed by atoms with Crippen LogP contribution in [0, 0.1) is 12.8 Å². The highest BCUT2D eigenvalue weighted by atomic mass is 35.5. The summed E-state index contributed by atoms with van der Waals surface area (Å²) in [6.45, 7) is 4.23. The molecule has 1 amide bonds. The third-order valence-electron chi connectivity index (χ3n) is 4.73. The van der Waals surface area contributed by atoms with Crippen LogP contribution in [0.3, 0.4) is 0 Å². The molecule has 0 spiro atoms. The van der Waals surface area contributed by atoms with Crippen LogP contribution in [-0.2, 0) is 0 Å². The predicted octanol–water partition coefficient (Wildman–Crippen LogP) is 1.86. The van der Waals surface area contributed by atoms with Crippen LogP contribution in [-0.4, -0.2) is 40.1 Å². The third kappa shape index (κ3) is 3.77. The first-order valence-electron chi connectivity index (χ1n) is 8.08. The van der Waals surface area contributed by atoms with Crippen LogP contribution in [0.1, 0.15) is 35.9 Å². The Morgan fingerprint density at radius 3 is 2.56 bits per heavy atom. The van der Waals surface area contributed by atoms with Crippen molar-refractivity contribution >= 4 is 18.3 Å². The molecule has 1 aliphatic carbocycles. The number of nitrogens with one attached hydrogen (secondary N) is 1. The van der Waals surface area contributed by atoms with Crippen molar-refractivity contribution in [3.05, 3.63) is 35.7 Å². The third-order valence-corrected chi connectivity index (χ3v) is 4.73. The number of halogens is 1. The first-order chi connectivity index (χ1) is 11.5. The summed E-state index contributed by atoms with van der Waals surface area (Å²) < 4.78 is 6.80. The number of nitrogens with zero attached hydrogens (tertiary/aromatic N) is 3. The van der Waals surface area contributed by atoms with E-state index in [0.717, 1.165) is 24.3 Å². The minimum atomic E-state index is -0.382. The van der Waals surface area contributed by atoms with E-state index in [4.69, 9.17) is 10.5 Å². The second-order valence-electron chi connectivity index (χ2n) is 6.48. The zero-order chi connectivity index (χ0) is 17.3. The van der Waals surface area contributed by atoms with E-state index in [1.807, 2.05) is 38.1 Å². The predicted molar refractivity (Wildman–Crippen MR) is 97.5 cm³/mol. The van der Waals surface area contributed by atoms with Crippen LogP contribution in [0.2, 0.25) is 0 Å². The highest BCUT2D eigenvalue weighted by Gasteiger charge is 2.42. The number of carbonyl (C=O) groups is 1. The summed E-state index contributed by atoms with van der Waals surface area (Å²) in [4.78, 5) is 12.6. The first-order valence-corrected chi connectivity index (χ1v) is 8.08. The van der Waals surface area contributed by atoms with E-state index in [0.29, 0.717) is 23.9 Å². The molecule has 1 aromatic heterocycles. The van der Waals surface area contributed by atoms with Crippen LogP contribution in [0.25, 0.3) is 5.69 Å². The standard InChI is InChI=1S/C17H23N5O2.ClH/c1-11-15(16(23)19-17(2,10-18)12-4-5-12)20-21-22(11)13-6-8-14(24-3)9-7-13;/h6-9,12H,4-5,10,18H2,1-3H3,(H,19,23);1H. The van der Waals surface area contributed by atoms with Gasteiger partial charge in [0.05, 0.1) is 24.0 Å². The molecule has 2 aromatic rings. The van der Waals surface area contributed by atoms with Gasteiger partial charge in [0.15, 0.2) is 5.69 Å². The van der Waals surface area contributed by atoms with Gasteiger partial charge in [-0.2, -0.15) is 0 Å². The van der Waals surface area contributed by atoms with Crippen molar-refractivity contribution in [2.24, 2.45) is 11.7 Å². The van der Waals surface area contributed by atoms with Crippen molar-refractivity contribution in [1.29, 1.82) is 0 Å². The molecule has 1 unspecified atom stereocenters. The molecule has 3 rings (SSSR count). The van der Waals surface area contributed by atoms with E-state index in [1.165, 1.54) is 0 Å². The summed E-state index contributed by atoms with van der Waals surface area (Å²) in [5.41, 5.74) is 7.32. The average molecular weight is 366 g/mol. The van der Waals surface area contributed by atoms with Gasteiger partial charge in [0.25, 0.3) is 5.91 Å². The molecule has 136 valence electrons. The Morgan fingerprint density at radius 1 is 1.40 bits per heavy atom. The molecular formula is C17H24ClN5O2. The summed E-state index contributed by atoms with van der Waals surface area (Å²) in [5, 5.41) is 11.2. The Bertz CT molecular complexity index is 742. The molecule has 0 radical (unpaired) electrons. The van der Waals surface area contributed by atoms with Crippen LogP contribution >= 0.6 is 12.4 Å². The number of rotatable bonds is 6. The van der Waals surface area contributed by atoms with Gasteiger partial charge in [0.1, 0.15) is 5.75 Å². The number of amides is 1. The first kappa shape index (κ1) is 19.2. The average Bonchev–Trinajstić information content (AvgIpc) is 3.38. The smallest absolute Gasteiger partial charge is 0.274 e. The number of carbonyl (C=O) groups excluding carboxylic acids is 1. The molecule has 1 aromatic carbocycles. The second kappa shape index (κ2) is 7.41. The summed E-state index contributed by atoms with van der Waals surface area (Å²) in [5.74, 6) is 0.980. The van der Waals surface area contributed by atoms with E-state index < -0.39 is 0 Å². The number of nitrogens with two attached hydrogens (primary N) is 1. The van der Waals surface area contributed by atoms with Crippen LogP contribution in [0.5, 0.6) is 5.75 Å². The van der Waals surface area contributed by atoms with Gasteiger partial charge < -0.3 is 15.8 Å². The molecule has 1 saturated carbocycles. The molecule has 1 atom stereocenters. The Kier molecular flexibility index (Phi) is 5.69. The number of ether oxygens (including phenoxy) is 1. The largest absolute Gasteiger partial charge is 0.497 e. The Hall–Kier alpha value is -2.12. The van der Waals surface area contributed by atoms with E-state index >= 15 is 0 Å². The molecule has 1 fully saturated rings. The molecule has 1 aliphatic rings. The lowest BCUT2D eigenvalue weighted by Gasteiger charge is -2.29. The molecule has 7 nitrogen and oxygen atoms in total. The quantitative estimate of drug-likeness (QED) is 0.814. The minimum Gasteiger partial charge on any atom is -0.497 e. The highest BCUT2D eigenvalue weighted by Crippen LogP contribution is 2.39. The van der Waals surface area contributed by atoms with E-state index in [9.17, 15) is 4.79 Å². The van der Waals surface area contributed by atoms with Crippen LogP contribution in [0.15, 0.2) is 24.3 Å². The van der Waals surface area contributed by atoms with Crippen LogP contribution < -0.4 is 15.8 Å². The Morgan fingerprint density at radius 2 is 2.04 bits per heavy atom. The van der Waals surface area contributed by atoms with Gasteiger partial charge in [-0.15, -0.1) is 17.5 Å². The van der Waals surface area contributed by atoms with E-state index in [-0.39, 0.29) is 23.9 Å². The second-order valence-corrected chi connectivity index (χ2v) is 6.48. The number of benzene rings is 1. The van der Waals surface area contributed by atoms with Gasteiger partial charge in [-0.05, 0) is 56.9 Å². The van der Waals surface area contributed by atoms with Gasteiger partial charge in [0, 0.05) is 6.54 Å². The van der Waals surface area contributed by atoms with Crippen molar-refractivity contribution in [3.8, 4) is 11.4 Å². The van der Waals surface area contributed by atoms with Gasteiger partial charge in [-0.3, -0.25) is 4.79 Å². The lowest BCUT2D eigenvalue weighted by molar-refractivity contribution is 0.0892. The number of aromatic nitrogens is 3. The molecule has 1 heterocycles. The lowest BCUT2D eigenvalue weighted by atomic mass is 9.95. The molecular weight excluding hydrogens is 342 g/mol. The summed E-state index contributed by atoms with van der Waals surface area (Å²) in [6.07, 6.45) is 2.21. The molecule has 3 N–H and O–H groups in total. The summed E-state index contributed by atoms with van der Waals surface area (Å²) >= 11 is 0. The molecule has 25 heavy (non-hydrogen) atoms. The van der Waals surface area contributed by atoms with Gasteiger partial charge >= 0.3 is 0 Å². The van der Waals surface area contributed by atoms with Gasteiger partial charge in [-0.1, -0.05) is 5.21 Å². The molecule has 8 heteroatoms. The minimum absolute atomic E-state index is 0. The maximum absolute atomic E-state index is 12.6. The zero-order valence-electron chi connectivity index (χ0n) is 14.7. The Balaban J connectivity index is 0.00000225. The monoisotopic (exact) mass is 365 g/mol. The molecule has 0 bridgehead atoms. The number of hydrogen-bond acceptors (Lipinski definition) is 5. The van der Waals surface area contributed by atoms with E-state index in [1.54, 1.807) is 11.8 Å². The number of methoxy groups -OCH3 is 1. The van der Waals surface area contributed by atoms with Crippen molar-refractivity contribution in [1.82, 2.24) is 20.3 Å². The fraction of sp³-hybridized carbons (Fsp3) is 0.471. The zero-order valence-corrected chi connectivity index (χ0v) is 15.5.